The number of pyridine rings is 1. The van der Waals surface area contributed by atoms with E-state index in [-0.39, 0.29) is 18.1 Å². The summed E-state index contributed by atoms with van der Waals surface area (Å²) < 4.78 is 6.07. The van der Waals surface area contributed by atoms with Crippen molar-refractivity contribution >= 4 is 23.4 Å². The first-order chi connectivity index (χ1) is 18.0. The second kappa shape index (κ2) is 9.61. The molecule has 8 heteroatoms. The Morgan fingerprint density at radius 2 is 1.92 bits per heavy atom. The van der Waals surface area contributed by atoms with Crippen molar-refractivity contribution in [3.63, 3.8) is 0 Å². The molecule has 8 nitrogen and oxygen atoms in total. The molecule has 0 spiro atoms. The zero-order valence-corrected chi connectivity index (χ0v) is 21.1. The van der Waals surface area contributed by atoms with Crippen molar-refractivity contribution < 1.29 is 14.3 Å². The summed E-state index contributed by atoms with van der Waals surface area (Å²) in [6.45, 7) is 6.91. The predicted octanol–water partition coefficient (Wildman–Crippen LogP) is 4.98. The molecule has 2 aromatic carbocycles. The molecular weight excluding hydrogens is 466 g/mol. The number of hydrogen-bond acceptors (Lipinski definition) is 5. The number of urea groups is 1. The lowest BCUT2D eigenvalue weighted by Gasteiger charge is -2.19. The van der Waals surface area contributed by atoms with Gasteiger partial charge in [0.1, 0.15) is 5.82 Å². The summed E-state index contributed by atoms with van der Waals surface area (Å²) in [4.78, 5) is 34.5. The lowest BCUT2D eigenvalue weighted by atomic mass is 9.99. The highest BCUT2D eigenvalue weighted by molar-refractivity contribution is 6.05. The van der Waals surface area contributed by atoms with Crippen molar-refractivity contribution in [2.75, 3.05) is 23.7 Å². The van der Waals surface area contributed by atoms with E-state index >= 15 is 0 Å². The van der Waals surface area contributed by atoms with Gasteiger partial charge in [-0.3, -0.25) is 15.0 Å². The first-order valence-electron chi connectivity index (χ1n) is 12.9. The van der Waals surface area contributed by atoms with Gasteiger partial charge in [0.15, 0.2) is 6.23 Å². The van der Waals surface area contributed by atoms with Crippen LogP contribution in [0.15, 0.2) is 66.9 Å². The maximum Gasteiger partial charge on any atom is 0.324 e. The molecule has 2 fully saturated rings. The monoisotopic (exact) mass is 497 g/mol. The van der Waals surface area contributed by atoms with E-state index in [4.69, 9.17) is 4.74 Å². The van der Waals surface area contributed by atoms with Crippen LogP contribution in [0.25, 0.3) is 0 Å². The van der Waals surface area contributed by atoms with E-state index in [0.29, 0.717) is 28.6 Å². The van der Waals surface area contributed by atoms with Crippen LogP contribution >= 0.6 is 0 Å². The van der Waals surface area contributed by atoms with Gasteiger partial charge in [0.25, 0.3) is 5.91 Å². The van der Waals surface area contributed by atoms with Crippen molar-refractivity contribution in [3.05, 3.63) is 89.1 Å². The summed E-state index contributed by atoms with van der Waals surface area (Å²) >= 11 is 0. The number of nitrogens with one attached hydrogen (secondary N) is 2. The van der Waals surface area contributed by atoms with E-state index in [1.165, 1.54) is 11.1 Å². The smallest absolute Gasteiger partial charge is 0.324 e. The highest BCUT2D eigenvalue weighted by atomic mass is 16.5. The number of ether oxygens (including phenoxy) is 1. The van der Waals surface area contributed by atoms with Crippen LogP contribution in [0.3, 0.4) is 0 Å². The highest BCUT2D eigenvalue weighted by Crippen LogP contribution is 2.45. The molecular formula is C29H31N5O3. The molecule has 3 aliphatic heterocycles. The van der Waals surface area contributed by atoms with Gasteiger partial charge in [-0.15, -0.1) is 0 Å². The number of amides is 3. The summed E-state index contributed by atoms with van der Waals surface area (Å²) in [7, 11) is 0. The summed E-state index contributed by atoms with van der Waals surface area (Å²) in [5, 5.41) is 5.79. The van der Waals surface area contributed by atoms with Gasteiger partial charge in [-0.2, -0.15) is 0 Å². The van der Waals surface area contributed by atoms with Gasteiger partial charge in [-0.25, -0.2) is 9.78 Å². The lowest BCUT2D eigenvalue weighted by molar-refractivity contribution is 0.0159. The van der Waals surface area contributed by atoms with Crippen LogP contribution in [-0.4, -0.2) is 52.0 Å². The summed E-state index contributed by atoms with van der Waals surface area (Å²) in [5.74, 6) is 0.836. The first kappa shape index (κ1) is 23.6. The molecule has 6 rings (SSSR count). The summed E-state index contributed by atoms with van der Waals surface area (Å²) in [6, 6.07) is 19.4. The van der Waals surface area contributed by atoms with E-state index in [9.17, 15) is 9.59 Å². The van der Waals surface area contributed by atoms with Gasteiger partial charge in [-0.05, 0) is 68.1 Å². The molecule has 1 aromatic heterocycles. The topological polar surface area (TPSA) is 86.8 Å². The molecule has 3 amide bonds. The van der Waals surface area contributed by atoms with Crippen LogP contribution in [0.4, 0.5) is 16.3 Å². The number of carbonyl (C=O) groups is 2. The van der Waals surface area contributed by atoms with Crippen molar-refractivity contribution in [3.8, 4) is 0 Å². The number of rotatable bonds is 5. The van der Waals surface area contributed by atoms with Crippen LogP contribution in [-0.2, 0) is 11.3 Å². The Morgan fingerprint density at radius 1 is 1.08 bits per heavy atom. The predicted molar refractivity (Wildman–Crippen MR) is 141 cm³/mol. The zero-order valence-electron chi connectivity index (χ0n) is 21.1. The maximum atomic E-state index is 13.0. The fourth-order valence-corrected chi connectivity index (χ4v) is 5.72. The summed E-state index contributed by atoms with van der Waals surface area (Å²) in [6.07, 6.45) is 2.26. The number of likely N-dealkylation sites (tertiary alicyclic amines) is 1. The largest absolute Gasteiger partial charge is 0.349 e. The van der Waals surface area contributed by atoms with Crippen LogP contribution < -0.4 is 10.6 Å². The maximum absolute atomic E-state index is 13.0. The van der Waals surface area contributed by atoms with Gasteiger partial charge in [0, 0.05) is 30.4 Å². The number of hydrogen-bond donors (Lipinski definition) is 2. The number of benzene rings is 2. The van der Waals surface area contributed by atoms with Crippen LogP contribution in [0.1, 0.15) is 59.5 Å². The number of fused-ring (bicyclic) bond motifs is 3. The van der Waals surface area contributed by atoms with Gasteiger partial charge in [0.2, 0.25) is 0 Å². The average molecular weight is 498 g/mol. The van der Waals surface area contributed by atoms with Crippen molar-refractivity contribution in [1.29, 1.82) is 0 Å². The molecule has 4 atom stereocenters. The first-order valence-corrected chi connectivity index (χ1v) is 12.9. The van der Waals surface area contributed by atoms with E-state index < -0.39 is 12.3 Å². The van der Waals surface area contributed by atoms with Gasteiger partial charge < -0.3 is 15.0 Å². The molecule has 0 saturated carbocycles. The molecule has 0 aliphatic carbocycles. The Balaban J connectivity index is 1.12. The SMILES string of the molecule is CC1OC2c3c(NC(=O)Nc4cc(C5CCN(Cc6ccccc6)C5)ccn4)cccc3C(=O)N2C1C. The number of carbonyl (C=O) groups excluding carboxylic acids is 2. The third-order valence-corrected chi connectivity index (χ3v) is 7.80. The Labute approximate surface area is 216 Å². The Bertz CT molecular complexity index is 1330. The fraction of sp³-hybridized carbons (Fsp3) is 0.345. The van der Waals surface area contributed by atoms with Crippen LogP contribution in [0.5, 0.6) is 0 Å². The lowest BCUT2D eigenvalue weighted by Crippen LogP contribution is -2.33. The normalized spacial score (nSPS) is 24.7. The number of anilines is 2. The van der Waals surface area contributed by atoms with Gasteiger partial charge >= 0.3 is 6.03 Å². The van der Waals surface area contributed by atoms with Crippen molar-refractivity contribution in [2.24, 2.45) is 0 Å². The fourth-order valence-electron chi connectivity index (χ4n) is 5.72. The quantitative estimate of drug-likeness (QED) is 0.519. The molecule has 2 N–H and O–H groups in total. The molecule has 2 saturated heterocycles. The van der Waals surface area contributed by atoms with Crippen LogP contribution in [0.2, 0.25) is 0 Å². The minimum absolute atomic E-state index is 0.0299. The molecule has 4 heterocycles. The second-order valence-corrected chi connectivity index (χ2v) is 10.2. The van der Waals surface area contributed by atoms with E-state index in [1.807, 2.05) is 32.0 Å². The third kappa shape index (κ3) is 4.47. The molecule has 3 aromatic rings. The molecule has 190 valence electrons. The minimum atomic E-state index is -0.480. The third-order valence-electron chi connectivity index (χ3n) is 7.80. The van der Waals surface area contributed by atoms with E-state index in [0.717, 1.165) is 26.1 Å². The van der Waals surface area contributed by atoms with E-state index in [2.05, 4.69) is 44.8 Å². The Kier molecular flexibility index (Phi) is 6.14. The molecule has 4 unspecified atom stereocenters. The number of nitrogens with zero attached hydrogens (tertiary/aromatic N) is 3. The molecule has 0 bridgehead atoms. The molecule has 37 heavy (non-hydrogen) atoms. The van der Waals surface area contributed by atoms with Crippen molar-refractivity contribution in [2.45, 2.75) is 51.1 Å². The van der Waals surface area contributed by atoms with Gasteiger partial charge in [-0.1, -0.05) is 36.4 Å². The Hall–Kier alpha value is -3.75. The average Bonchev–Trinajstić information content (AvgIpc) is 3.56. The number of aromatic nitrogens is 1. The Morgan fingerprint density at radius 3 is 2.76 bits per heavy atom. The summed E-state index contributed by atoms with van der Waals surface area (Å²) in [5.41, 5.74) is 4.35. The van der Waals surface area contributed by atoms with Crippen molar-refractivity contribution in [1.82, 2.24) is 14.8 Å². The molecule has 0 radical (unpaired) electrons. The standard InChI is InChI=1S/C29H31N5O3/c1-18-19(2)37-28-26-23(27(35)34(18)28)9-6-10-24(26)31-29(36)32-25-15-21(11-13-30-25)22-12-14-33(17-22)16-20-7-4-3-5-8-20/h3-11,13,15,18-19,22,28H,12,14,16-17H2,1-2H3,(H2,30,31,32,36). The minimum Gasteiger partial charge on any atom is -0.349 e. The zero-order chi connectivity index (χ0) is 25.5. The molecule has 3 aliphatic rings. The second-order valence-electron chi connectivity index (χ2n) is 10.2. The van der Waals surface area contributed by atoms with Gasteiger partial charge in [0.05, 0.1) is 17.8 Å². The highest BCUT2D eigenvalue weighted by Gasteiger charge is 2.49. The van der Waals surface area contributed by atoms with Crippen LogP contribution in [0, 0.1) is 0 Å². The van der Waals surface area contributed by atoms with E-state index in [1.54, 1.807) is 29.3 Å².